The number of nitrogens with one attached hydrogen (secondary N) is 2. The number of benzene rings is 2. The molecule has 30 heavy (non-hydrogen) atoms. The lowest BCUT2D eigenvalue weighted by Crippen LogP contribution is -2.54. The summed E-state index contributed by atoms with van der Waals surface area (Å²) in [5, 5.41) is 6.03. The van der Waals surface area contributed by atoms with Crippen LogP contribution in [0.25, 0.3) is 0 Å². The van der Waals surface area contributed by atoms with Crippen LogP contribution in [0.3, 0.4) is 0 Å². The summed E-state index contributed by atoms with van der Waals surface area (Å²) in [4.78, 5) is 26.4. The Labute approximate surface area is 177 Å². The van der Waals surface area contributed by atoms with Crippen molar-refractivity contribution in [2.45, 2.75) is 6.10 Å². The highest BCUT2D eigenvalue weighted by atomic mass is 35.5. The molecule has 10 heteroatoms. The predicted molar refractivity (Wildman–Crippen MR) is 111 cm³/mol. The number of hydrogen-bond donors (Lipinski definition) is 2. The minimum atomic E-state index is -0.608. The molecule has 2 heterocycles. The summed E-state index contributed by atoms with van der Waals surface area (Å²) in [6.45, 7) is 1.26. The average Bonchev–Trinajstić information content (AvgIpc) is 2.72. The summed E-state index contributed by atoms with van der Waals surface area (Å²) in [6.07, 6.45) is 1.41. The van der Waals surface area contributed by atoms with Gasteiger partial charge in [-0.25, -0.2) is 14.4 Å². The lowest BCUT2D eigenvalue weighted by atomic mass is 10.1. The number of carbonyl (C=O) groups excluding carboxylic acids is 1. The van der Waals surface area contributed by atoms with E-state index in [1.54, 1.807) is 12.1 Å². The molecule has 4 rings (SSSR count). The van der Waals surface area contributed by atoms with Gasteiger partial charge in [0.25, 0.3) is 5.91 Å². The molecule has 1 aliphatic heterocycles. The van der Waals surface area contributed by atoms with Gasteiger partial charge in [0.05, 0.1) is 18.7 Å². The van der Waals surface area contributed by atoms with Crippen molar-refractivity contribution in [3.05, 3.63) is 65.2 Å². The molecule has 8 nitrogen and oxygen atoms in total. The number of anilines is 3. The van der Waals surface area contributed by atoms with Crippen LogP contribution in [0.2, 0.25) is 5.02 Å². The molecule has 0 bridgehead atoms. The zero-order valence-electron chi connectivity index (χ0n) is 16.0. The normalized spacial score (nSPS) is 13.5. The first-order valence-electron chi connectivity index (χ1n) is 9.16. The monoisotopic (exact) mass is 428 g/mol. The summed E-state index contributed by atoms with van der Waals surface area (Å²) < 4.78 is 19.7. The quantitative estimate of drug-likeness (QED) is 0.623. The van der Waals surface area contributed by atoms with Gasteiger partial charge in [0.1, 0.15) is 24.0 Å². The number of rotatable bonds is 6. The maximum atomic E-state index is 13.8. The van der Waals surface area contributed by atoms with Gasteiger partial charge in [-0.1, -0.05) is 11.6 Å². The van der Waals surface area contributed by atoms with Gasteiger partial charge in [-0.05, 0) is 42.5 Å². The largest absolute Gasteiger partial charge is 0.487 e. The second-order valence-electron chi connectivity index (χ2n) is 6.61. The number of carbonyl (C=O) groups is 1. The van der Waals surface area contributed by atoms with Crippen LogP contribution in [-0.4, -0.2) is 47.1 Å². The number of hydrogen-bond acceptors (Lipinski definition) is 7. The molecule has 1 amide bonds. The van der Waals surface area contributed by atoms with Gasteiger partial charge in [0.2, 0.25) is 11.9 Å². The Bertz CT molecular complexity index is 1060. The molecule has 1 aromatic heterocycles. The summed E-state index contributed by atoms with van der Waals surface area (Å²) in [6, 6.07) is 11.3. The van der Waals surface area contributed by atoms with Crippen LogP contribution >= 0.6 is 11.6 Å². The van der Waals surface area contributed by atoms with Gasteiger partial charge in [0.15, 0.2) is 0 Å². The Kier molecular flexibility index (Phi) is 5.62. The maximum Gasteiger partial charge on any atom is 0.254 e. The molecule has 0 unspecified atom stereocenters. The average molecular weight is 429 g/mol. The van der Waals surface area contributed by atoms with E-state index in [1.165, 1.54) is 31.6 Å². The lowest BCUT2D eigenvalue weighted by Gasteiger charge is -2.38. The van der Waals surface area contributed by atoms with E-state index in [-0.39, 0.29) is 17.6 Å². The van der Waals surface area contributed by atoms with E-state index in [0.717, 1.165) is 5.75 Å². The molecular formula is C20H18ClFN6O2. The third kappa shape index (κ3) is 4.41. The topological polar surface area (TPSA) is 92.3 Å². The van der Waals surface area contributed by atoms with Gasteiger partial charge in [-0.15, -0.1) is 0 Å². The van der Waals surface area contributed by atoms with Crippen LogP contribution in [0.5, 0.6) is 5.75 Å². The van der Waals surface area contributed by atoms with E-state index in [1.807, 2.05) is 17.0 Å². The van der Waals surface area contributed by atoms with Gasteiger partial charge in [-0.3, -0.25) is 4.79 Å². The van der Waals surface area contributed by atoms with Gasteiger partial charge >= 0.3 is 0 Å². The summed E-state index contributed by atoms with van der Waals surface area (Å²) >= 11 is 5.88. The molecule has 0 radical (unpaired) electrons. The number of aromatic nitrogens is 3. The fourth-order valence-electron chi connectivity index (χ4n) is 2.92. The maximum absolute atomic E-state index is 13.8. The second kappa shape index (κ2) is 8.50. The van der Waals surface area contributed by atoms with Crippen molar-refractivity contribution in [2.24, 2.45) is 0 Å². The smallest absolute Gasteiger partial charge is 0.254 e. The Morgan fingerprint density at radius 2 is 1.97 bits per heavy atom. The van der Waals surface area contributed by atoms with Gasteiger partial charge < -0.3 is 20.3 Å². The van der Waals surface area contributed by atoms with Gasteiger partial charge in [0, 0.05) is 17.8 Å². The van der Waals surface area contributed by atoms with Crippen LogP contribution in [-0.2, 0) is 0 Å². The highest BCUT2D eigenvalue weighted by Crippen LogP contribution is 2.24. The predicted octanol–water partition coefficient (Wildman–Crippen LogP) is 3.03. The summed E-state index contributed by atoms with van der Waals surface area (Å²) in [5.41, 5.74) is 0.418. The lowest BCUT2D eigenvalue weighted by molar-refractivity contribution is 0.0959. The minimum Gasteiger partial charge on any atom is -0.487 e. The highest BCUT2D eigenvalue weighted by Gasteiger charge is 2.30. The number of ether oxygens (including phenoxy) is 1. The number of amides is 1. The van der Waals surface area contributed by atoms with Crippen LogP contribution in [0.4, 0.5) is 22.0 Å². The van der Waals surface area contributed by atoms with Crippen molar-refractivity contribution in [2.75, 3.05) is 30.4 Å². The zero-order valence-corrected chi connectivity index (χ0v) is 16.7. The van der Waals surface area contributed by atoms with Crippen molar-refractivity contribution in [3.8, 4) is 5.75 Å². The van der Waals surface area contributed by atoms with E-state index < -0.39 is 11.7 Å². The summed E-state index contributed by atoms with van der Waals surface area (Å²) in [5.74, 6) is 0.419. The molecule has 2 aromatic carbocycles. The fourth-order valence-corrected chi connectivity index (χ4v) is 3.05. The first-order chi connectivity index (χ1) is 14.5. The third-order valence-corrected chi connectivity index (χ3v) is 4.75. The van der Waals surface area contributed by atoms with Crippen molar-refractivity contribution >= 4 is 35.1 Å². The van der Waals surface area contributed by atoms with Crippen molar-refractivity contribution in [1.29, 1.82) is 0 Å². The Balaban J connectivity index is 1.39. The Morgan fingerprint density at radius 1 is 1.20 bits per heavy atom. The molecular weight excluding hydrogens is 411 g/mol. The highest BCUT2D eigenvalue weighted by molar-refractivity contribution is 6.30. The molecule has 0 saturated carbocycles. The molecule has 1 saturated heterocycles. The first kappa shape index (κ1) is 19.8. The molecule has 1 fully saturated rings. The van der Waals surface area contributed by atoms with E-state index in [0.29, 0.717) is 29.7 Å². The molecule has 154 valence electrons. The molecule has 1 aliphatic rings. The van der Waals surface area contributed by atoms with Crippen LogP contribution in [0.15, 0.2) is 48.8 Å². The molecule has 0 spiro atoms. The van der Waals surface area contributed by atoms with Gasteiger partial charge in [-0.2, -0.15) is 4.98 Å². The molecule has 2 N–H and O–H groups in total. The van der Waals surface area contributed by atoms with Crippen molar-refractivity contribution < 1.29 is 13.9 Å². The molecule has 0 aliphatic carbocycles. The minimum absolute atomic E-state index is 0.0200. The van der Waals surface area contributed by atoms with E-state index in [4.69, 9.17) is 16.3 Å². The number of halogens is 2. The third-order valence-electron chi connectivity index (χ3n) is 4.50. The SMILES string of the molecule is CNC(=O)c1cc(Nc2ncnc(N3CC(Oc4ccc(Cl)cc4)C3)n2)ccc1F. The molecule has 3 aromatic rings. The van der Waals surface area contributed by atoms with Crippen LogP contribution < -0.4 is 20.3 Å². The van der Waals surface area contributed by atoms with E-state index in [2.05, 4.69) is 25.6 Å². The zero-order chi connectivity index (χ0) is 21.1. The molecule has 0 atom stereocenters. The second-order valence-corrected chi connectivity index (χ2v) is 7.04. The van der Waals surface area contributed by atoms with Crippen molar-refractivity contribution in [3.63, 3.8) is 0 Å². The van der Waals surface area contributed by atoms with Crippen molar-refractivity contribution in [1.82, 2.24) is 20.3 Å². The standard InChI is InChI=1S/C20H18ClFN6O2/c1-23-18(29)16-8-13(4-7-17(16)22)26-19-24-11-25-20(27-19)28-9-15(10-28)30-14-5-2-12(21)3-6-14/h2-8,11,15H,9-10H2,1H3,(H,23,29)(H,24,25,26,27). The fraction of sp³-hybridized carbons (Fsp3) is 0.200. The van der Waals surface area contributed by atoms with E-state index >= 15 is 0 Å². The van der Waals surface area contributed by atoms with Crippen LogP contribution in [0.1, 0.15) is 10.4 Å². The van der Waals surface area contributed by atoms with Crippen LogP contribution in [0, 0.1) is 5.82 Å². The first-order valence-corrected chi connectivity index (χ1v) is 9.54. The summed E-state index contributed by atoms with van der Waals surface area (Å²) in [7, 11) is 1.44. The van der Waals surface area contributed by atoms with E-state index in [9.17, 15) is 9.18 Å². The Morgan fingerprint density at radius 3 is 2.70 bits per heavy atom. The number of nitrogens with zero attached hydrogens (tertiary/aromatic N) is 4. The Hall–Kier alpha value is -3.46.